The Balaban J connectivity index is 1.99. The first-order valence-corrected chi connectivity index (χ1v) is 7.74. The first kappa shape index (κ1) is 16.7. The molecule has 0 unspecified atom stereocenters. The summed E-state index contributed by atoms with van der Waals surface area (Å²) < 4.78 is 5.24. The van der Waals surface area contributed by atoms with Crippen molar-refractivity contribution in [2.24, 2.45) is 0 Å². The second-order valence-corrected chi connectivity index (χ2v) is 5.76. The van der Waals surface area contributed by atoms with Gasteiger partial charge in [-0.15, -0.1) is 0 Å². The molecule has 1 aliphatic heterocycles. The number of methoxy groups -OCH3 is 1. The molecule has 6 heteroatoms. The predicted molar refractivity (Wildman–Crippen MR) is 85.1 cm³/mol. The van der Waals surface area contributed by atoms with Gasteiger partial charge in [-0.05, 0) is 25.0 Å². The maximum Gasteiger partial charge on any atom is 0.270 e. The summed E-state index contributed by atoms with van der Waals surface area (Å²) in [5, 5.41) is 12.4. The number of pyridine rings is 1. The molecule has 0 saturated carbocycles. The molecule has 2 heterocycles. The Morgan fingerprint density at radius 2 is 2.14 bits per heavy atom. The van der Waals surface area contributed by atoms with Crippen LogP contribution in [-0.2, 0) is 4.74 Å². The van der Waals surface area contributed by atoms with Gasteiger partial charge in [-0.1, -0.05) is 13.8 Å². The minimum Gasteiger partial charge on any atom is -0.394 e. The van der Waals surface area contributed by atoms with E-state index in [1.54, 1.807) is 19.4 Å². The number of hydrogen-bond donors (Lipinski definition) is 2. The molecule has 2 N–H and O–H groups in total. The zero-order valence-corrected chi connectivity index (χ0v) is 13.5. The fraction of sp³-hybridized carbons (Fsp3) is 0.625. The predicted octanol–water partition coefficient (Wildman–Crippen LogP) is 1.20. The number of carbonyl (C=O) groups excluding carboxylic acids is 1. The molecule has 0 spiro atoms. The Labute approximate surface area is 131 Å². The number of aromatic nitrogens is 1. The number of hydrogen-bond acceptors (Lipinski definition) is 5. The van der Waals surface area contributed by atoms with Crippen LogP contribution in [0.3, 0.4) is 0 Å². The van der Waals surface area contributed by atoms with Crippen molar-refractivity contribution >= 4 is 11.6 Å². The smallest absolute Gasteiger partial charge is 0.270 e. The number of aliphatic hydroxyl groups excluding tert-OH is 1. The second kappa shape index (κ2) is 7.07. The number of nitrogens with zero attached hydrogens (tertiary/aromatic N) is 2. The molecule has 2 rings (SSSR count). The largest absolute Gasteiger partial charge is 0.394 e. The van der Waals surface area contributed by atoms with E-state index < -0.39 is 5.54 Å². The molecule has 22 heavy (non-hydrogen) atoms. The Morgan fingerprint density at radius 3 is 2.59 bits per heavy atom. The molecule has 1 saturated heterocycles. The van der Waals surface area contributed by atoms with Gasteiger partial charge in [-0.25, -0.2) is 4.98 Å². The van der Waals surface area contributed by atoms with E-state index >= 15 is 0 Å². The van der Waals surface area contributed by atoms with Crippen molar-refractivity contribution in [1.82, 2.24) is 10.3 Å². The SMILES string of the molecule is CCC(CC)(CO)NC(=O)c1ccc(N2CC(OC)C2)cn1. The highest BCUT2D eigenvalue weighted by atomic mass is 16.5. The maximum absolute atomic E-state index is 12.3. The summed E-state index contributed by atoms with van der Waals surface area (Å²) in [6.45, 7) is 5.53. The number of amides is 1. The summed E-state index contributed by atoms with van der Waals surface area (Å²) in [4.78, 5) is 18.7. The number of nitrogens with one attached hydrogen (secondary N) is 1. The highest BCUT2D eigenvalue weighted by Gasteiger charge is 2.29. The third kappa shape index (κ3) is 3.39. The van der Waals surface area contributed by atoms with Gasteiger partial charge in [0.2, 0.25) is 0 Å². The lowest BCUT2D eigenvalue weighted by molar-refractivity contribution is 0.0785. The number of aliphatic hydroxyl groups is 1. The molecule has 1 aromatic rings. The highest BCUT2D eigenvalue weighted by Crippen LogP contribution is 2.21. The van der Waals surface area contributed by atoms with Crippen molar-refractivity contribution in [1.29, 1.82) is 0 Å². The molecular weight excluding hydrogens is 282 g/mol. The van der Waals surface area contributed by atoms with Crippen LogP contribution in [0.25, 0.3) is 0 Å². The van der Waals surface area contributed by atoms with Gasteiger partial charge in [0.15, 0.2) is 0 Å². The first-order valence-electron chi connectivity index (χ1n) is 7.74. The minimum absolute atomic E-state index is 0.0734. The van der Waals surface area contributed by atoms with Gasteiger partial charge in [0, 0.05) is 20.2 Å². The van der Waals surface area contributed by atoms with Gasteiger partial charge in [0.25, 0.3) is 5.91 Å². The van der Waals surface area contributed by atoms with Gasteiger partial charge in [0.1, 0.15) is 5.69 Å². The third-order valence-corrected chi connectivity index (χ3v) is 4.56. The summed E-state index contributed by atoms with van der Waals surface area (Å²) in [6, 6.07) is 3.62. The Bertz CT molecular complexity index is 486. The van der Waals surface area contributed by atoms with Crippen LogP contribution in [0.15, 0.2) is 18.3 Å². The van der Waals surface area contributed by atoms with Crippen molar-refractivity contribution in [2.75, 3.05) is 31.7 Å². The number of anilines is 1. The summed E-state index contributed by atoms with van der Waals surface area (Å²) in [6.07, 6.45) is 3.34. The van der Waals surface area contributed by atoms with Gasteiger partial charge >= 0.3 is 0 Å². The molecule has 1 aromatic heterocycles. The van der Waals surface area contributed by atoms with Crippen LogP contribution in [0.4, 0.5) is 5.69 Å². The van der Waals surface area contributed by atoms with Crippen LogP contribution >= 0.6 is 0 Å². The number of ether oxygens (including phenoxy) is 1. The molecule has 0 atom stereocenters. The van der Waals surface area contributed by atoms with E-state index in [1.165, 1.54) is 0 Å². The van der Waals surface area contributed by atoms with E-state index in [0.717, 1.165) is 18.8 Å². The van der Waals surface area contributed by atoms with Crippen molar-refractivity contribution in [3.8, 4) is 0 Å². The number of rotatable bonds is 7. The molecule has 0 bridgehead atoms. The van der Waals surface area contributed by atoms with Crippen molar-refractivity contribution in [2.45, 2.75) is 38.3 Å². The normalized spacial score (nSPS) is 15.5. The third-order valence-electron chi connectivity index (χ3n) is 4.56. The lowest BCUT2D eigenvalue weighted by atomic mass is 9.93. The topological polar surface area (TPSA) is 74.7 Å². The van der Waals surface area contributed by atoms with E-state index in [4.69, 9.17) is 4.74 Å². The van der Waals surface area contributed by atoms with Crippen LogP contribution in [0, 0.1) is 0 Å². The average Bonchev–Trinajstić information content (AvgIpc) is 2.52. The van der Waals surface area contributed by atoms with Gasteiger partial charge < -0.3 is 20.1 Å². The van der Waals surface area contributed by atoms with E-state index in [9.17, 15) is 9.90 Å². The molecule has 0 aromatic carbocycles. The van der Waals surface area contributed by atoms with E-state index in [-0.39, 0.29) is 18.6 Å². The fourth-order valence-electron chi connectivity index (χ4n) is 2.50. The second-order valence-electron chi connectivity index (χ2n) is 5.76. The molecule has 1 amide bonds. The zero-order chi connectivity index (χ0) is 16.2. The van der Waals surface area contributed by atoms with Crippen molar-refractivity contribution < 1.29 is 14.6 Å². The van der Waals surface area contributed by atoms with Crippen LogP contribution in [-0.4, -0.2) is 54.4 Å². The zero-order valence-electron chi connectivity index (χ0n) is 13.5. The lowest BCUT2D eigenvalue weighted by Crippen LogP contribution is -2.52. The monoisotopic (exact) mass is 307 g/mol. The van der Waals surface area contributed by atoms with E-state index in [1.807, 2.05) is 19.9 Å². The summed E-state index contributed by atoms with van der Waals surface area (Å²) in [5.74, 6) is -0.248. The Kier molecular flexibility index (Phi) is 5.37. The fourth-order valence-corrected chi connectivity index (χ4v) is 2.50. The van der Waals surface area contributed by atoms with Gasteiger partial charge in [-0.2, -0.15) is 0 Å². The first-order chi connectivity index (χ1) is 10.6. The highest BCUT2D eigenvalue weighted by molar-refractivity contribution is 5.93. The van der Waals surface area contributed by atoms with Crippen LogP contribution in [0.5, 0.6) is 0 Å². The van der Waals surface area contributed by atoms with Crippen LogP contribution in [0.1, 0.15) is 37.2 Å². The van der Waals surface area contributed by atoms with Crippen LogP contribution < -0.4 is 10.2 Å². The average molecular weight is 307 g/mol. The molecule has 6 nitrogen and oxygen atoms in total. The minimum atomic E-state index is -0.569. The standard InChI is InChI=1S/C16H25N3O3/c1-4-16(5-2,11-20)18-15(21)14-7-6-12(8-17-14)19-9-13(10-19)22-3/h6-8,13,20H,4-5,9-11H2,1-3H3,(H,18,21). The lowest BCUT2D eigenvalue weighted by Gasteiger charge is -2.39. The maximum atomic E-state index is 12.3. The summed E-state index contributed by atoms with van der Waals surface area (Å²) in [5.41, 5.74) is 0.789. The Morgan fingerprint density at radius 1 is 1.45 bits per heavy atom. The van der Waals surface area contributed by atoms with E-state index in [0.29, 0.717) is 18.5 Å². The molecule has 0 radical (unpaired) electrons. The van der Waals surface area contributed by atoms with Crippen molar-refractivity contribution in [3.63, 3.8) is 0 Å². The van der Waals surface area contributed by atoms with E-state index in [2.05, 4.69) is 15.2 Å². The molecule has 1 aliphatic rings. The summed E-state index contributed by atoms with van der Waals surface area (Å²) in [7, 11) is 1.71. The quantitative estimate of drug-likeness (QED) is 0.792. The van der Waals surface area contributed by atoms with Crippen molar-refractivity contribution in [3.05, 3.63) is 24.0 Å². The summed E-state index contributed by atoms with van der Waals surface area (Å²) >= 11 is 0. The van der Waals surface area contributed by atoms with Gasteiger partial charge in [0.05, 0.1) is 30.1 Å². The molecular formula is C16H25N3O3. The molecule has 1 fully saturated rings. The van der Waals surface area contributed by atoms with Crippen LogP contribution in [0.2, 0.25) is 0 Å². The number of carbonyl (C=O) groups is 1. The van der Waals surface area contributed by atoms with Gasteiger partial charge in [-0.3, -0.25) is 4.79 Å². The Hall–Kier alpha value is -1.66. The molecule has 122 valence electrons. The molecule has 0 aliphatic carbocycles.